The van der Waals surface area contributed by atoms with Crippen LogP contribution in [0.5, 0.6) is 5.75 Å². The highest BCUT2D eigenvalue weighted by atomic mass is 32.2. The van der Waals surface area contributed by atoms with Crippen LogP contribution in [0.4, 0.5) is 11.4 Å². The Bertz CT molecular complexity index is 1710. The Morgan fingerprint density at radius 1 is 0.667 bits per heavy atom. The maximum atomic E-state index is 12.6. The molecule has 12 heteroatoms. The Kier molecular flexibility index (Phi) is 7.13. The molecule has 4 N–H and O–H groups in total. The van der Waals surface area contributed by atoms with Crippen LogP contribution in [-0.2, 0) is 25.8 Å². The first kappa shape index (κ1) is 28.3. The van der Waals surface area contributed by atoms with E-state index in [4.69, 9.17) is 0 Å². The van der Waals surface area contributed by atoms with Crippen LogP contribution in [-0.4, -0.2) is 64.3 Å². The van der Waals surface area contributed by atoms with Crippen molar-refractivity contribution in [3.8, 4) is 5.75 Å². The molecule has 0 saturated heterocycles. The fourth-order valence-electron chi connectivity index (χ4n) is 4.53. The molecule has 0 aliphatic rings. The van der Waals surface area contributed by atoms with Gasteiger partial charge < -0.3 is 20.0 Å². The summed E-state index contributed by atoms with van der Waals surface area (Å²) >= 11 is 0. The van der Waals surface area contributed by atoms with Gasteiger partial charge in [-0.15, -0.1) is 0 Å². The highest BCUT2D eigenvalue weighted by Gasteiger charge is 2.40. The quantitative estimate of drug-likeness (QED) is 0.191. The fraction of sp³-hybridized carbons (Fsp3) is 0.185. The summed E-state index contributed by atoms with van der Waals surface area (Å²) in [4.78, 5) is 2.21. The molecule has 0 fully saturated rings. The van der Waals surface area contributed by atoms with Gasteiger partial charge in [-0.25, -0.2) is 0 Å². The highest BCUT2D eigenvalue weighted by molar-refractivity contribution is 7.86. The number of aliphatic hydroxyl groups is 1. The third-order valence-corrected chi connectivity index (χ3v) is 8.31. The third-order valence-electron chi connectivity index (χ3n) is 6.59. The summed E-state index contributed by atoms with van der Waals surface area (Å²) in [7, 11) is -2.38. The summed E-state index contributed by atoms with van der Waals surface area (Å²) in [5.41, 5.74) is -0.351. The lowest BCUT2D eigenvalue weighted by molar-refractivity contribution is 0.123. The predicted octanol–water partition coefficient (Wildman–Crippen LogP) is 3.46. The molecule has 0 aliphatic carbocycles. The minimum Gasteiger partial charge on any atom is -0.506 e. The van der Waals surface area contributed by atoms with E-state index in [1.54, 1.807) is 48.5 Å². The van der Waals surface area contributed by atoms with Crippen LogP contribution >= 0.6 is 0 Å². The van der Waals surface area contributed by atoms with Crippen LogP contribution in [0.1, 0.15) is 16.7 Å². The Labute approximate surface area is 226 Å². The van der Waals surface area contributed by atoms with E-state index in [2.05, 4.69) is 0 Å². The zero-order valence-electron chi connectivity index (χ0n) is 21.6. The lowest BCUT2D eigenvalue weighted by Crippen LogP contribution is -2.30. The van der Waals surface area contributed by atoms with Gasteiger partial charge in [0, 0.05) is 45.1 Å². The first-order valence-corrected chi connectivity index (χ1v) is 14.5. The Morgan fingerprint density at radius 3 is 1.51 bits per heavy atom. The molecule has 4 rings (SSSR count). The van der Waals surface area contributed by atoms with Crippen molar-refractivity contribution < 1.29 is 36.2 Å². The van der Waals surface area contributed by atoms with Gasteiger partial charge >= 0.3 is 0 Å². The van der Waals surface area contributed by atoms with Crippen molar-refractivity contribution in [1.82, 2.24) is 0 Å². The molecule has 0 saturated carbocycles. The van der Waals surface area contributed by atoms with E-state index in [1.165, 1.54) is 6.07 Å². The van der Waals surface area contributed by atoms with Crippen molar-refractivity contribution >= 4 is 42.4 Å². The van der Waals surface area contributed by atoms with Crippen molar-refractivity contribution in [2.45, 2.75) is 15.4 Å². The molecule has 0 aromatic heterocycles. The van der Waals surface area contributed by atoms with Crippen molar-refractivity contribution in [3.63, 3.8) is 0 Å². The van der Waals surface area contributed by atoms with Crippen LogP contribution < -0.4 is 9.80 Å². The number of nitrogens with zero attached hydrogens (tertiary/aromatic N) is 2. The van der Waals surface area contributed by atoms with E-state index in [-0.39, 0.29) is 27.5 Å². The van der Waals surface area contributed by atoms with Crippen molar-refractivity contribution in [2.24, 2.45) is 0 Å². The number of phenols is 1. The summed E-state index contributed by atoms with van der Waals surface area (Å²) in [6, 6.07) is 17.6. The van der Waals surface area contributed by atoms with Crippen LogP contribution in [0.25, 0.3) is 10.8 Å². The standard InChI is InChI=1S/C27H28N2O8S2/c1-28(2)20-9-5-18(6-10-20)27(31,19-7-11-21(12-8-19)29(3)4)25-23-14-13-22(38(32,33)34)15-17(23)16-24(26(25)30)39(35,36)37/h5-16,30-31H,1-4H3,(H,32,33,34)(H,35,36,37). The average molecular weight is 573 g/mol. The highest BCUT2D eigenvalue weighted by Crippen LogP contribution is 2.47. The van der Waals surface area contributed by atoms with E-state index in [0.717, 1.165) is 29.6 Å². The molecular formula is C27H28N2O8S2. The van der Waals surface area contributed by atoms with Gasteiger partial charge in [0.15, 0.2) is 0 Å². The number of rotatable bonds is 7. The fourth-order valence-corrected chi connectivity index (χ4v) is 5.67. The van der Waals surface area contributed by atoms with Crippen molar-refractivity contribution in [1.29, 1.82) is 0 Å². The van der Waals surface area contributed by atoms with Crippen LogP contribution in [0.3, 0.4) is 0 Å². The van der Waals surface area contributed by atoms with Gasteiger partial charge in [0.05, 0.1) is 4.90 Å². The molecule has 0 aliphatic heterocycles. The van der Waals surface area contributed by atoms with Crippen molar-refractivity contribution in [2.75, 3.05) is 38.0 Å². The first-order chi connectivity index (χ1) is 18.0. The molecule has 0 bridgehead atoms. The SMILES string of the molecule is CN(C)c1ccc(C(O)(c2ccc(N(C)C)cc2)c2c(O)c(S(=O)(=O)O)cc3cc(S(=O)(=O)O)ccc23)cc1. The average Bonchev–Trinajstić information content (AvgIpc) is 2.86. The summed E-state index contributed by atoms with van der Waals surface area (Å²) in [5, 5.41) is 23.9. The van der Waals surface area contributed by atoms with Crippen LogP contribution in [0.2, 0.25) is 0 Å². The lowest BCUT2D eigenvalue weighted by Gasteiger charge is -2.33. The largest absolute Gasteiger partial charge is 0.506 e. The number of benzene rings is 4. The lowest BCUT2D eigenvalue weighted by atomic mass is 9.77. The van der Waals surface area contributed by atoms with Gasteiger partial charge in [-0.2, -0.15) is 16.8 Å². The smallest absolute Gasteiger partial charge is 0.298 e. The Hall–Kier alpha value is -3.68. The normalized spacial score (nSPS) is 12.5. The van der Waals surface area contributed by atoms with E-state index < -0.39 is 41.4 Å². The number of anilines is 2. The molecule has 0 atom stereocenters. The minimum absolute atomic E-state index is 0.0706. The first-order valence-electron chi connectivity index (χ1n) is 11.6. The number of hydrogen-bond acceptors (Lipinski definition) is 8. The molecule has 4 aromatic carbocycles. The van der Waals surface area contributed by atoms with Gasteiger partial charge in [0.25, 0.3) is 20.2 Å². The van der Waals surface area contributed by atoms with E-state index in [1.807, 2.05) is 38.0 Å². The molecule has 0 unspecified atom stereocenters. The number of fused-ring (bicyclic) bond motifs is 1. The maximum Gasteiger partial charge on any atom is 0.298 e. The van der Waals surface area contributed by atoms with Crippen LogP contribution in [0.15, 0.2) is 82.6 Å². The number of phenolic OH excluding ortho intramolecular Hbond substituents is 1. The van der Waals surface area contributed by atoms with Gasteiger partial charge in [-0.1, -0.05) is 30.3 Å². The topological polar surface area (TPSA) is 156 Å². The maximum absolute atomic E-state index is 12.6. The molecule has 0 amide bonds. The summed E-state index contributed by atoms with van der Waals surface area (Å²) in [5.74, 6) is -0.916. The van der Waals surface area contributed by atoms with Gasteiger partial charge in [0.2, 0.25) is 0 Å². The second kappa shape index (κ2) is 9.81. The molecule has 0 spiro atoms. The van der Waals surface area contributed by atoms with Crippen LogP contribution in [0, 0.1) is 0 Å². The van der Waals surface area contributed by atoms with Gasteiger partial charge in [-0.05, 0) is 64.4 Å². The zero-order chi connectivity index (χ0) is 28.9. The third kappa shape index (κ3) is 5.16. The summed E-state index contributed by atoms with van der Waals surface area (Å²) in [6.45, 7) is 0. The minimum atomic E-state index is -5.04. The Morgan fingerprint density at radius 2 is 1.13 bits per heavy atom. The monoisotopic (exact) mass is 572 g/mol. The molecule has 10 nitrogen and oxygen atoms in total. The zero-order valence-corrected chi connectivity index (χ0v) is 23.2. The van der Waals surface area contributed by atoms with E-state index >= 15 is 0 Å². The molecule has 0 radical (unpaired) electrons. The molecular weight excluding hydrogens is 544 g/mol. The molecule has 206 valence electrons. The molecule has 4 aromatic rings. The molecule has 39 heavy (non-hydrogen) atoms. The van der Waals surface area contributed by atoms with E-state index in [0.29, 0.717) is 0 Å². The number of aromatic hydroxyl groups is 1. The summed E-state index contributed by atoms with van der Waals surface area (Å²) in [6.07, 6.45) is 0. The summed E-state index contributed by atoms with van der Waals surface area (Å²) < 4.78 is 67.7. The number of hydrogen-bond donors (Lipinski definition) is 4. The second-order valence-electron chi connectivity index (χ2n) is 9.52. The van der Waals surface area contributed by atoms with Gasteiger partial charge in [0.1, 0.15) is 16.2 Å². The van der Waals surface area contributed by atoms with Gasteiger partial charge in [-0.3, -0.25) is 9.11 Å². The van der Waals surface area contributed by atoms with E-state index in [9.17, 15) is 36.2 Å². The molecule has 0 heterocycles. The Balaban J connectivity index is 2.18. The second-order valence-corrected chi connectivity index (χ2v) is 12.3. The van der Waals surface area contributed by atoms with Crippen molar-refractivity contribution in [3.05, 3.63) is 89.5 Å². The predicted molar refractivity (Wildman–Crippen MR) is 149 cm³/mol.